The molecule has 0 spiro atoms. The molecule has 1 aliphatic rings. The van der Waals surface area contributed by atoms with Gasteiger partial charge in [0.25, 0.3) is 0 Å². The van der Waals surface area contributed by atoms with Crippen LogP contribution < -0.4 is 69.3 Å². The van der Waals surface area contributed by atoms with Crippen LogP contribution in [0.5, 0.6) is 0 Å². The summed E-state index contributed by atoms with van der Waals surface area (Å²) in [5.74, 6) is -3.32. The van der Waals surface area contributed by atoms with Gasteiger partial charge in [0.1, 0.15) is 12.2 Å². The number of carboxylic acids is 2. The maximum atomic E-state index is 12.6. The summed E-state index contributed by atoms with van der Waals surface area (Å²) in [6, 6.07) is 9.32. The first kappa shape index (κ1) is 39.9. The summed E-state index contributed by atoms with van der Waals surface area (Å²) in [7, 11) is 0. The zero-order valence-electron chi connectivity index (χ0n) is 25.1. The molecule has 218 valence electrons. The van der Waals surface area contributed by atoms with Crippen molar-refractivity contribution < 1.29 is 98.0 Å². The second-order valence-corrected chi connectivity index (χ2v) is 10.6. The van der Waals surface area contributed by atoms with E-state index in [1.54, 1.807) is 30.6 Å². The van der Waals surface area contributed by atoms with Crippen molar-refractivity contribution in [3.63, 3.8) is 0 Å². The number of hydrogen-bond donors (Lipinski definition) is 0. The van der Waals surface area contributed by atoms with Crippen molar-refractivity contribution in [2.45, 2.75) is 33.0 Å². The molecule has 0 N–H and O–H groups in total. The predicted octanol–water partition coefficient (Wildman–Crippen LogP) is -8.20. The molecule has 1 aromatic carbocycles. The Kier molecular flexibility index (Phi) is 20.2. The predicted molar refractivity (Wildman–Crippen MR) is 138 cm³/mol. The Morgan fingerprint density at radius 2 is 1.02 bits per heavy atom. The largest absolute Gasteiger partial charge is 1.00 e. The molecule has 0 radical (unpaired) electrons. The first-order valence-electron chi connectivity index (χ1n) is 13.1. The first-order chi connectivity index (χ1) is 18.4. The molecular formula is C27H40N4Na2O8. The Bertz CT molecular complexity index is 949. The number of rotatable bonds is 10. The van der Waals surface area contributed by atoms with E-state index in [-0.39, 0.29) is 105 Å². The molecule has 0 aromatic heterocycles. The summed E-state index contributed by atoms with van der Waals surface area (Å²) in [5.41, 5.74) is 0.214. The van der Waals surface area contributed by atoms with E-state index in [1.807, 2.05) is 40.1 Å². The van der Waals surface area contributed by atoms with Crippen LogP contribution in [0.1, 0.15) is 26.3 Å². The van der Waals surface area contributed by atoms with Gasteiger partial charge < -0.3 is 29.3 Å². The van der Waals surface area contributed by atoms with Crippen molar-refractivity contribution >= 4 is 23.9 Å². The van der Waals surface area contributed by atoms with Crippen molar-refractivity contribution in [1.29, 1.82) is 0 Å². The molecule has 1 saturated heterocycles. The molecule has 1 heterocycles. The molecule has 0 aliphatic carbocycles. The van der Waals surface area contributed by atoms with E-state index in [1.165, 1.54) is 0 Å². The molecule has 0 atom stereocenters. The Morgan fingerprint density at radius 1 is 0.659 bits per heavy atom. The van der Waals surface area contributed by atoms with Crippen LogP contribution in [0.2, 0.25) is 0 Å². The van der Waals surface area contributed by atoms with Gasteiger partial charge in [-0.2, -0.15) is 0 Å². The molecular weight excluding hydrogens is 554 g/mol. The van der Waals surface area contributed by atoms with Gasteiger partial charge in [-0.05, 0) is 26.3 Å². The summed E-state index contributed by atoms with van der Waals surface area (Å²) < 4.78 is 10.9. The van der Waals surface area contributed by atoms with E-state index in [0.29, 0.717) is 39.3 Å². The van der Waals surface area contributed by atoms with Gasteiger partial charge in [0.15, 0.2) is 0 Å². The number of carboxylic acid groups (broad SMARTS) is 2. The number of benzene rings is 1. The van der Waals surface area contributed by atoms with E-state index >= 15 is 0 Å². The third kappa shape index (κ3) is 19.0. The van der Waals surface area contributed by atoms with Gasteiger partial charge >= 0.3 is 71.1 Å². The first-order valence-corrected chi connectivity index (χ1v) is 13.1. The summed E-state index contributed by atoms with van der Waals surface area (Å²) in [6.07, 6.45) is 0. The van der Waals surface area contributed by atoms with Crippen LogP contribution in [0.25, 0.3) is 0 Å². The van der Waals surface area contributed by atoms with E-state index < -0.39 is 29.5 Å². The van der Waals surface area contributed by atoms with Gasteiger partial charge in [-0.1, -0.05) is 30.3 Å². The number of carbonyl (C=O) groups is 4. The minimum atomic E-state index is -1.24. The van der Waals surface area contributed by atoms with Crippen LogP contribution in [0.15, 0.2) is 30.3 Å². The minimum absolute atomic E-state index is 0. The fraction of sp³-hybridized carbons (Fsp3) is 0.630. The van der Waals surface area contributed by atoms with Gasteiger partial charge in [-0.3, -0.25) is 29.2 Å². The summed E-state index contributed by atoms with van der Waals surface area (Å²) >= 11 is 0. The molecule has 0 unspecified atom stereocenters. The Balaban J connectivity index is 0.00000800. The van der Waals surface area contributed by atoms with Crippen molar-refractivity contribution in [2.75, 3.05) is 78.5 Å². The normalized spacial score (nSPS) is 16.7. The second-order valence-electron chi connectivity index (χ2n) is 10.6. The van der Waals surface area contributed by atoms with Crippen LogP contribution in [0, 0.1) is 0 Å². The average Bonchev–Trinajstić information content (AvgIpc) is 2.83. The van der Waals surface area contributed by atoms with E-state index in [2.05, 4.69) is 0 Å². The molecule has 14 heteroatoms. The molecule has 1 aliphatic heterocycles. The van der Waals surface area contributed by atoms with Crippen LogP contribution in [0.3, 0.4) is 0 Å². The SMILES string of the molecule is CC(C)(C)OC(=O)CN1CCN(CC(=O)[O-])CCN(CC(=O)[O-])CCN(CC(=O)OCc2ccccc2)CC1.[Na+].[Na+]. The van der Waals surface area contributed by atoms with Gasteiger partial charge in [0.2, 0.25) is 0 Å². The molecule has 1 aromatic rings. The summed E-state index contributed by atoms with van der Waals surface area (Å²) in [5, 5.41) is 22.6. The summed E-state index contributed by atoms with van der Waals surface area (Å²) in [6.45, 7) is 7.51. The maximum Gasteiger partial charge on any atom is 1.00 e. The average molecular weight is 595 g/mol. The number of carbonyl (C=O) groups excluding carboxylic acids is 4. The number of esters is 2. The smallest absolute Gasteiger partial charge is 0.549 e. The van der Waals surface area contributed by atoms with E-state index in [4.69, 9.17) is 9.47 Å². The zero-order chi connectivity index (χ0) is 28.8. The van der Waals surface area contributed by atoms with Crippen LogP contribution in [-0.2, 0) is 35.3 Å². The molecule has 0 amide bonds. The quantitative estimate of drug-likeness (QED) is 0.187. The topological polar surface area (TPSA) is 146 Å². The number of nitrogens with zero attached hydrogens (tertiary/aromatic N) is 4. The Labute approximate surface area is 286 Å². The van der Waals surface area contributed by atoms with Gasteiger partial charge in [0.05, 0.1) is 25.0 Å². The van der Waals surface area contributed by atoms with Crippen LogP contribution in [0.4, 0.5) is 0 Å². The third-order valence-electron chi connectivity index (χ3n) is 6.00. The van der Waals surface area contributed by atoms with E-state index in [9.17, 15) is 29.4 Å². The molecule has 12 nitrogen and oxygen atoms in total. The van der Waals surface area contributed by atoms with E-state index in [0.717, 1.165) is 5.56 Å². The Hall–Kier alpha value is -1.06. The monoisotopic (exact) mass is 594 g/mol. The van der Waals surface area contributed by atoms with Crippen molar-refractivity contribution in [2.24, 2.45) is 0 Å². The van der Waals surface area contributed by atoms with Gasteiger partial charge in [0, 0.05) is 65.4 Å². The van der Waals surface area contributed by atoms with Crippen molar-refractivity contribution in [3.05, 3.63) is 35.9 Å². The van der Waals surface area contributed by atoms with Crippen LogP contribution in [-0.4, -0.2) is 128 Å². The molecule has 41 heavy (non-hydrogen) atoms. The van der Waals surface area contributed by atoms with Gasteiger partial charge in [-0.25, -0.2) is 0 Å². The molecule has 1 fully saturated rings. The van der Waals surface area contributed by atoms with Gasteiger partial charge in [-0.15, -0.1) is 0 Å². The fourth-order valence-electron chi connectivity index (χ4n) is 4.10. The fourth-order valence-corrected chi connectivity index (χ4v) is 4.10. The number of aliphatic carboxylic acids is 2. The second kappa shape index (κ2) is 20.8. The molecule has 2 rings (SSSR count). The molecule has 0 bridgehead atoms. The Morgan fingerprint density at radius 3 is 1.39 bits per heavy atom. The number of ether oxygens (including phenoxy) is 2. The number of hydrogen-bond acceptors (Lipinski definition) is 12. The zero-order valence-corrected chi connectivity index (χ0v) is 29.1. The third-order valence-corrected chi connectivity index (χ3v) is 6.00. The maximum absolute atomic E-state index is 12.6. The minimum Gasteiger partial charge on any atom is -0.549 e. The molecule has 0 saturated carbocycles. The van der Waals surface area contributed by atoms with Crippen molar-refractivity contribution in [3.8, 4) is 0 Å². The standard InChI is InChI=1S/C27H42N4O8.2Na/c1-27(2,3)39-26(37)20-31-14-12-29(18-24(34)35)10-9-28(17-23(32)33)11-13-30(15-16-31)19-25(36)38-21-22-7-5-4-6-8-22;;/h4-8H,9-21H2,1-3H3,(H,32,33)(H,34,35);;/q;2*+1/p-2. The van der Waals surface area contributed by atoms with Crippen LogP contribution >= 0.6 is 0 Å². The summed E-state index contributed by atoms with van der Waals surface area (Å²) in [4.78, 5) is 54.8. The van der Waals surface area contributed by atoms with Crippen molar-refractivity contribution in [1.82, 2.24) is 19.6 Å².